The highest BCUT2D eigenvalue weighted by Gasteiger charge is 2.13. The van der Waals surface area contributed by atoms with Crippen molar-refractivity contribution in [1.82, 2.24) is 4.90 Å². The van der Waals surface area contributed by atoms with E-state index >= 15 is 0 Å². The van der Waals surface area contributed by atoms with Gasteiger partial charge in [-0.2, -0.15) is 5.26 Å². The average molecular weight is 178 g/mol. The van der Waals surface area contributed by atoms with Gasteiger partial charge in [-0.3, -0.25) is 4.90 Å². The summed E-state index contributed by atoms with van der Waals surface area (Å²) in [4.78, 5) is 1.94. The van der Waals surface area contributed by atoms with Crippen LogP contribution in [-0.4, -0.2) is 18.5 Å². The molecule has 1 aromatic rings. The van der Waals surface area contributed by atoms with Crippen molar-refractivity contribution in [1.29, 1.82) is 5.26 Å². The molecular formula is C10H14N2O. The van der Waals surface area contributed by atoms with Gasteiger partial charge >= 0.3 is 0 Å². The lowest BCUT2D eigenvalue weighted by Crippen LogP contribution is -2.22. The molecule has 1 aromatic heterocycles. The van der Waals surface area contributed by atoms with Crippen molar-refractivity contribution >= 4 is 0 Å². The van der Waals surface area contributed by atoms with Gasteiger partial charge in [0.2, 0.25) is 0 Å². The zero-order chi connectivity index (χ0) is 9.84. The molecule has 70 valence electrons. The van der Waals surface area contributed by atoms with E-state index in [1.807, 2.05) is 37.9 Å². The van der Waals surface area contributed by atoms with Gasteiger partial charge in [0.15, 0.2) is 0 Å². The zero-order valence-electron chi connectivity index (χ0n) is 8.24. The number of nitriles is 1. The monoisotopic (exact) mass is 178 g/mol. The fourth-order valence-electron chi connectivity index (χ4n) is 1.14. The zero-order valence-corrected chi connectivity index (χ0v) is 8.24. The normalized spacial score (nSPS) is 12.8. The fraction of sp³-hybridized carbons (Fsp3) is 0.500. The predicted octanol–water partition coefficient (Wildman–Crippen LogP) is 2.10. The number of furan rings is 1. The highest BCUT2D eigenvalue weighted by atomic mass is 16.3. The van der Waals surface area contributed by atoms with Crippen LogP contribution in [0.2, 0.25) is 0 Å². The molecule has 1 unspecified atom stereocenters. The van der Waals surface area contributed by atoms with Crippen molar-refractivity contribution in [3.63, 3.8) is 0 Å². The number of rotatable bonds is 3. The second-order valence-electron chi connectivity index (χ2n) is 3.20. The van der Waals surface area contributed by atoms with Crippen molar-refractivity contribution in [2.45, 2.75) is 19.9 Å². The van der Waals surface area contributed by atoms with Crippen molar-refractivity contribution in [3.8, 4) is 6.07 Å². The van der Waals surface area contributed by atoms with Gasteiger partial charge in [-0.1, -0.05) is 0 Å². The minimum Gasteiger partial charge on any atom is -0.465 e. The molecule has 0 saturated heterocycles. The Bertz CT molecular complexity index is 311. The lowest BCUT2D eigenvalue weighted by molar-refractivity contribution is 0.253. The second kappa shape index (κ2) is 4.11. The molecule has 0 saturated carbocycles. The first-order valence-electron chi connectivity index (χ1n) is 4.28. The maximum absolute atomic E-state index is 8.52. The molecule has 0 spiro atoms. The maximum Gasteiger partial charge on any atom is 0.121 e. The summed E-state index contributed by atoms with van der Waals surface area (Å²) in [6.07, 6.45) is 0. The maximum atomic E-state index is 8.52. The molecular weight excluding hydrogens is 164 g/mol. The summed E-state index contributed by atoms with van der Waals surface area (Å²) in [5, 5.41) is 8.52. The van der Waals surface area contributed by atoms with E-state index in [1.165, 1.54) is 0 Å². The molecule has 0 aromatic carbocycles. The Labute approximate surface area is 78.6 Å². The van der Waals surface area contributed by atoms with E-state index in [0.29, 0.717) is 6.54 Å². The van der Waals surface area contributed by atoms with Crippen molar-refractivity contribution in [2.24, 2.45) is 0 Å². The van der Waals surface area contributed by atoms with Crippen LogP contribution in [0.3, 0.4) is 0 Å². The molecule has 0 N–H and O–H groups in total. The second-order valence-corrected chi connectivity index (χ2v) is 3.20. The Balaban J connectivity index is 2.68. The first kappa shape index (κ1) is 9.82. The Morgan fingerprint density at radius 1 is 1.62 bits per heavy atom. The summed E-state index contributed by atoms with van der Waals surface area (Å²) < 4.78 is 5.46. The van der Waals surface area contributed by atoms with Gasteiger partial charge in [-0.25, -0.2) is 0 Å². The largest absolute Gasteiger partial charge is 0.465 e. The molecule has 0 aliphatic heterocycles. The van der Waals surface area contributed by atoms with Crippen LogP contribution in [0.5, 0.6) is 0 Å². The molecule has 0 amide bonds. The highest BCUT2D eigenvalue weighted by molar-refractivity contribution is 5.09. The first-order chi connectivity index (χ1) is 6.15. The summed E-state index contributed by atoms with van der Waals surface area (Å²) in [6.45, 7) is 4.36. The number of hydrogen-bond acceptors (Lipinski definition) is 3. The van der Waals surface area contributed by atoms with Crippen LogP contribution in [-0.2, 0) is 0 Å². The third-order valence-electron chi connectivity index (χ3n) is 2.15. The van der Waals surface area contributed by atoms with Crippen molar-refractivity contribution in [2.75, 3.05) is 13.6 Å². The third-order valence-corrected chi connectivity index (χ3v) is 2.15. The van der Waals surface area contributed by atoms with Crippen LogP contribution in [0.25, 0.3) is 0 Å². The molecule has 3 nitrogen and oxygen atoms in total. The van der Waals surface area contributed by atoms with E-state index in [0.717, 1.165) is 11.5 Å². The Morgan fingerprint density at radius 2 is 2.31 bits per heavy atom. The van der Waals surface area contributed by atoms with Crippen LogP contribution in [0.15, 0.2) is 16.5 Å². The molecule has 0 aliphatic rings. The Hall–Kier alpha value is -1.27. The molecule has 3 heteroatoms. The van der Waals surface area contributed by atoms with Gasteiger partial charge in [-0.15, -0.1) is 0 Å². The van der Waals surface area contributed by atoms with Crippen molar-refractivity contribution < 1.29 is 4.42 Å². The first-order valence-corrected chi connectivity index (χ1v) is 4.28. The van der Waals surface area contributed by atoms with Gasteiger partial charge in [0.05, 0.1) is 18.7 Å². The van der Waals surface area contributed by atoms with Crippen LogP contribution >= 0.6 is 0 Å². The van der Waals surface area contributed by atoms with Gasteiger partial charge < -0.3 is 4.42 Å². The summed E-state index contributed by atoms with van der Waals surface area (Å²) in [5.74, 6) is 1.82. The van der Waals surface area contributed by atoms with Crippen molar-refractivity contribution in [3.05, 3.63) is 23.7 Å². The molecule has 0 bridgehead atoms. The Kier molecular flexibility index (Phi) is 3.10. The Morgan fingerprint density at radius 3 is 2.77 bits per heavy atom. The third kappa shape index (κ3) is 2.33. The quantitative estimate of drug-likeness (QED) is 0.665. The van der Waals surface area contributed by atoms with E-state index < -0.39 is 0 Å². The molecule has 0 radical (unpaired) electrons. The minimum absolute atomic E-state index is 0.161. The molecule has 1 rings (SSSR count). The van der Waals surface area contributed by atoms with E-state index in [1.54, 1.807) is 0 Å². The number of nitrogens with zero attached hydrogens (tertiary/aromatic N) is 2. The lowest BCUT2D eigenvalue weighted by atomic mass is 10.2. The van der Waals surface area contributed by atoms with Gasteiger partial charge in [-0.05, 0) is 33.0 Å². The molecule has 0 fully saturated rings. The van der Waals surface area contributed by atoms with E-state index in [4.69, 9.17) is 9.68 Å². The summed E-state index contributed by atoms with van der Waals surface area (Å²) in [6, 6.07) is 6.16. The van der Waals surface area contributed by atoms with Gasteiger partial charge in [0, 0.05) is 0 Å². The van der Waals surface area contributed by atoms with E-state index in [9.17, 15) is 0 Å². The van der Waals surface area contributed by atoms with Crippen LogP contribution in [0.4, 0.5) is 0 Å². The van der Waals surface area contributed by atoms with Gasteiger partial charge in [0.1, 0.15) is 11.5 Å². The average Bonchev–Trinajstić information content (AvgIpc) is 2.51. The SMILES string of the molecule is Cc1ccc(C(C)N(C)CC#N)o1. The van der Waals surface area contributed by atoms with Crippen LogP contribution in [0, 0.1) is 18.3 Å². The molecule has 1 atom stereocenters. The number of hydrogen-bond donors (Lipinski definition) is 0. The summed E-state index contributed by atoms with van der Waals surface area (Å²) in [5.41, 5.74) is 0. The topological polar surface area (TPSA) is 40.2 Å². The summed E-state index contributed by atoms with van der Waals surface area (Å²) in [7, 11) is 1.91. The van der Waals surface area contributed by atoms with Gasteiger partial charge in [0.25, 0.3) is 0 Å². The molecule has 1 heterocycles. The molecule has 0 aliphatic carbocycles. The number of aryl methyl sites for hydroxylation is 1. The van der Waals surface area contributed by atoms with Crippen LogP contribution in [0.1, 0.15) is 24.5 Å². The minimum atomic E-state index is 0.161. The standard InChI is InChI=1S/C10H14N2O/c1-8-4-5-10(13-8)9(2)12(3)7-6-11/h4-5,9H,7H2,1-3H3. The van der Waals surface area contributed by atoms with E-state index in [2.05, 4.69) is 6.07 Å². The lowest BCUT2D eigenvalue weighted by Gasteiger charge is -2.19. The van der Waals surface area contributed by atoms with E-state index in [-0.39, 0.29) is 6.04 Å². The smallest absolute Gasteiger partial charge is 0.121 e. The highest BCUT2D eigenvalue weighted by Crippen LogP contribution is 2.20. The predicted molar refractivity (Wildman–Crippen MR) is 50.1 cm³/mol. The van der Waals surface area contributed by atoms with Crippen LogP contribution < -0.4 is 0 Å². The molecule has 13 heavy (non-hydrogen) atoms. The summed E-state index contributed by atoms with van der Waals surface area (Å²) >= 11 is 0. The fourth-order valence-corrected chi connectivity index (χ4v) is 1.14.